The summed E-state index contributed by atoms with van der Waals surface area (Å²) in [7, 11) is 0. The fourth-order valence-corrected chi connectivity index (χ4v) is 2.37. The normalized spacial score (nSPS) is 17.3. The first-order valence-corrected chi connectivity index (χ1v) is 6.97. The highest BCUT2D eigenvalue weighted by atomic mass is 19.1. The van der Waals surface area contributed by atoms with Gasteiger partial charge in [0.05, 0.1) is 0 Å². The van der Waals surface area contributed by atoms with Crippen LogP contribution in [0.5, 0.6) is 0 Å². The highest BCUT2D eigenvalue weighted by Gasteiger charge is 2.15. The number of rotatable bonds is 2. The lowest BCUT2D eigenvalue weighted by Crippen LogP contribution is -2.23. The molecule has 104 valence electrons. The van der Waals surface area contributed by atoms with Gasteiger partial charge in [-0.15, -0.1) is 0 Å². The first-order chi connectivity index (χ1) is 9.24. The van der Waals surface area contributed by atoms with Crippen LogP contribution in [0, 0.1) is 5.82 Å². The second-order valence-electron chi connectivity index (χ2n) is 5.00. The molecule has 1 N–H and O–H groups in total. The van der Waals surface area contributed by atoms with Crippen LogP contribution in [0.1, 0.15) is 44.9 Å². The maximum absolute atomic E-state index is 12.7. The summed E-state index contributed by atoms with van der Waals surface area (Å²) < 4.78 is 18.2. The maximum Gasteiger partial charge on any atom is 0.411 e. The maximum atomic E-state index is 12.7. The van der Waals surface area contributed by atoms with Crippen molar-refractivity contribution in [2.24, 2.45) is 0 Å². The molecule has 0 radical (unpaired) electrons. The zero-order valence-electron chi connectivity index (χ0n) is 11.0. The molecule has 0 atom stereocenters. The summed E-state index contributed by atoms with van der Waals surface area (Å²) in [4.78, 5) is 11.7. The Labute approximate surface area is 113 Å². The molecule has 2 rings (SSSR count). The SMILES string of the molecule is O=C(Nc1ccc(F)cc1)OC1CCCCCCC1. The minimum atomic E-state index is -0.447. The second-order valence-corrected chi connectivity index (χ2v) is 5.00. The molecule has 0 aromatic heterocycles. The predicted molar refractivity (Wildman–Crippen MR) is 72.6 cm³/mol. The van der Waals surface area contributed by atoms with E-state index in [0.717, 1.165) is 25.7 Å². The first-order valence-electron chi connectivity index (χ1n) is 6.97. The zero-order valence-corrected chi connectivity index (χ0v) is 11.0. The number of hydrogen-bond acceptors (Lipinski definition) is 2. The molecule has 1 aliphatic carbocycles. The van der Waals surface area contributed by atoms with E-state index in [9.17, 15) is 9.18 Å². The molecule has 0 aliphatic heterocycles. The molecule has 1 aromatic rings. The van der Waals surface area contributed by atoms with Crippen LogP contribution in [-0.4, -0.2) is 12.2 Å². The van der Waals surface area contributed by atoms with Gasteiger partial charge in [0.25, 0.3) is 0 Å². The Kier molecular flexibility index (Phi) is 5.19. The second kappa shape index (κ2) is 7.12. The minimum Gasteiger partial charge on any atom is -0.446 e. The lowest BCUT2D eigenvalue weighted by atomic mass is 9.99. The highest BCUT2D eigenvalue weighted by molar-refractivity contribution is 5.84. The fraction of sp³-hybridized carbons (Fsp3) is 0.533. The fourth-order valence-electron chi connectivity index (χ4n) is 2.37. The molecule has 0 saturated heterocycles. The van der Waals surface area contributed by atoms with E-state index >= 15 is 0 Å². The van der Waals surface area contributed by atoms with Gasteiger partial charge in [-0.3, -0.25) is 5.32 Å². The van der Waals surface area contributed by atoms with Gasteiger partial charge >= 0.3 is 6.09 Å². The molecular weight excluding hydrogens is 245 g/mol. The van der Waals surface area contributed by atoms with Crippen molar-refractivity contribution in [1.29, 1.82) is 0 Å². The molecule has 19 heavy (non-hydrogen) atoms. The van der Waals surface area contributed by atoms with Gasteiger partial charge in [0, 0.05) is 5.69 Å². The Balaban J connectivity index is 1.80. The van der Waals surface area contributed by atoms with Gasteiger partial charge in [-0.05, 0) is 49.9 Å². The molecule has 1 fully saturated rings. The smallest absolute Gasteiger partial charge is 0.411 e. The number of ether oxygens (including phenoxy) is 1. The molecule has 0 unspecified atom stereocenters. The summed E-state index contributed by atoms with van der Waals surface area (Å²) in [5, 5.41) is 2.62. The standard InChI is InChI=1S/C15H20FNO2/c16-12-8-10-13(11-9-12)17-15(18)19-14-6-4-2-1-3-5-7-14/h8-11,14H,1-7H2,(H,17,18). The molecule has 4 heteroatoms. The van der Waals surface area contributed by atoms with Crippen molar-refractivity contribution in [1.82, 2.24) is 0 Å². The van der Waals surface area contributed by atoms with Crippen LogP contribution in [0.3, 0.4) is 0 Å². The first kappa shape index (κ1) is 13.8. The number of halogens is 1. The number of amides is 1. The Morgan fingerprint density at radius 2 is 1.63 bits per heavy atom. The van der Waals surface area contributed by atoms with Crippen LogP contribution >= 0.6 is 0 Å². The van der Waals surface area contributed by atoms with Crippen LogP contribution in [0.25, 0.3) is 0 Å². The van der Waals surface area contributed by atoms with Gasteiger partial charge in [0.2, 0.25) is 0 Å². The van der Waals surface area contributed by atoms with E-state index in [0.29, 0.717) is 5.69 Å². The quantitative estimate of drug-likeness (QED) is 0.855. The minimum absolute atomic E-state index is 0.0146. The topological polar surface area (TPSA) is 38.3 Å². The van der Waals surface area contributed by atoms with E-state index < -0.39 is 6.09 Å². The molecule has 1 amide bonds. The molecule has 0 bridgehead atoms. The lowest BCUT2D eigenvalue weighted by Gasteiger charge is -2.20. The van der Waals surface area contributed by atoms with Crippen molar-refractivity contribution in [3.05, 3.63) is 30.1 Å². The van der Waals surface area contributed by atoms with E-state index in [1.807, 2.05) is 0 Å². The molecule has 1 aliphatic rings. The van der Waals surface area contributed by atoms with Crippen molar-refractivity contribution in [2.75, 3.05) is 5.32 Å². The number of benzene rings is 1. The predicted octanol–water partition coefficient (Wildman–Crippen LogP) is 4.49. The van der Waals surface area contributed by atoms with Gasteiger partial charge in [-0.2, -0.15) is 0 Å². The largest absolute Gasteiger partial charge is 0.446 e. The van der Waals surface area contributed by atoms with E-state index in [4.69, 9.17) is 4.74 Å². The van der Waals surface area contributed by atoms with Crippen molar-refractivity contribution >= 4 is 11.8 Å². The van der Waals surface area contributed by atoms with E-state index in [1.54, 1.807) is 0 Å². The van der Waals surface area contributed by atoms with Crippen molar-refractivity contribution in [3.8, 4) is 0 Å². The summed E-state index contributed by atoms with van der Waals surface area (Å²) in [5.41, 5.74) is 0.553. The van der Waals surface area contributed by atoms with Crippen molar-refractivity contribution < 1.29 is 13.9 Å². The van der Waals surface area contributed by atoms with Crippen LogP contribution in [0.15, 0.2) is 24.3 Å². The summed E-state index contributed by atoms with van der Waals surface area (Å²) in [6, 6.07) is 5.67. The molecular formula is C15H20FNO2. The summed E-state index contributed by atoms with van der Waals surface area (Å²) in [6.07, 6.45) is 7.42. The Hall–Kier alpha value is -1.58. The number of nitrogens with one attached hydrogen (secondary N) is 1. The van der Waals surface area contributed by atoms with Crippen LogP contribution in [0.2, 0.25) is 0 Å². The van der Waals surface area contributed by atoms with E-state index in [2.05, 4.69) is 5.32 Å². The number of hydrogen-bond donors (Lipinski definition) is 1. The Morgan fingerprint density at radius 3 is 2.26 bits per heavy atom. The van der Waals surface area contributed by atoms with Gasteiger partial charge < -0.3 is 4.74 Å². The molecule has 1 aromatic carbocycles. The van der Waals surface area contributed by atoms with Gasteiger partial charge in [0.1, 0.15) is 11.9 Å². The van der Waals surface area contributed by atoms with E-state index in [-0.39, 0.29) is 11.9 Å². The summed E-state index contributed by atoms with van der Waals surface area (Å²) >= 11 is 0. The number of carbonyl (C=O) groups excluding carboxylic acids is 1. The van der Waals surface area contributed by atoms with Crippen LogP contribution < -0.4 is 5.32 Å². The molecule has 0 spiro atoms. The summed E-state index contributed by atoms with van der Waals surface area (Å²) in [5.74, 6) is -0.320. The van der Waals surface area contributed by atoms with Gasteiger partial charge in [-0.25, -0.2) is 9.18 Å². The molecule has 0 heterocycles. The lowest BCUT2D eigenvalue weighted by molar-refractivity contribution is 0.0933. The third-order valence-electron chi connectivity index (χ3n) is 3.42. The monoisotopic (exact) mass is 265 g/mol. The van der Waals surface area contributed by atoms with E-state index in [1.165, 1.54) is 43.5 Å². The van der Waals surface area contributed by atoms with Crippen molar-refractivity contribution in [3.63, 3.8) is 0 Å². The Bertz CT molecular complexity index is 397. The van der Waals surface area contributed by atoms with Gasteiger partial charge in [-0.1, -0.05) is 19.3 Å². The van der Waals surface area contributed by atoms with Crippen LogP contribution in [0.4, 0.5) is 14.9 Å². The Morgan fingerprint density at radius 1 is 1.05 bits per heavy atom. The molecule has 1 saturated carbocycles. The third-order valence-corrected chi connectivity index (χ3v) is 3.42. The third kappa shape index (κ3) is 4.89. The zero-order chi connectivity index (χ0) is 13.5. The van der Waals surface area contributed by atoms with Crippen molar-refractivity contribution in [2.45, 2.75) is 51.0 Å². The average Bonchev–Trinajstić information content (AvgIpc) is 2.35. The van der Waals surface area contributed by atoms with Crippen LogP contribution in [-0.2, 0) is 4.74 Å². The average molecular weight is 265 g/mol. The highest BCUT2D eigenvalue weighted by Crippen LogP contribution is 2.20. The summed E-state index contributed by atoms with van der Waals surface area (Å²) in [6.45, 7) is 0. The number of anilines is 1. The van der Waals surface area contributed by atoms with Gasteiger partial charge in [0.15, 0.2) is 0 Å². The number of carbonyl (C=O) groups is 1. The molecule has 3 nitrogen and oxygen atoms in total.